The van der Waals surface area contributed by atoms with E-state index in [0.717, 1.165) is 5.56 Å². The molecule has 2 N–H and O–H groups in total. The van der Waals surface area contributed by atoms with Crippen LogP contribution in [0.5, 0.6) is 0 Å². The maximum atomic E-state index is 13.8. The van der Waals surface area contributed by atoms with E-state index in [-0.39, 0.29) is 11.1 Å². The molecule has 0 spiro atoms. The van der Waals surface area contributed by atoms with Crippen LogP contribution in [-0.4, -0.2) is 11.4 Å². The maximum absolute atomic E-state index is 13.8. The molecular weight excluding hydrogens is 297 g/mol. The predicted molar refractivity (Wildman–Crippen MR) is 91.3 cm³/mol. The summed E-state index contributed by atoms with van der Waals surface area (Å²) in [4.78, 5) is 0. The van der Waals surface area contributed by atoms with Crippen LogP contribution in [-0.2, 0) is 5.75 Å². The van der Waals surface area contributed by atoms with E-state index in [4.69, 9.17) is 12.2 Å². The van der Waals surface area contributed by atoms with Crippen LogP contribution >= 0.6 is 11.8 Å². The molecule has 0 saturated heterocycles. The maximum Gasteiger partial charge on any atom is 0.180 e. The Morgan fingerprint density at radius 2 is 2.00 bits per heavy atom. The Labute approximate surface area is 133 Å². The van der Waals surface area contributed by atoms with Crippen LogP contribution in [0.25, 0.3) is 0 Å². The van der Waals surface area contributed by atoms with E-state index in [1.54, 1.807) is 12.1 Å². The van der Waals surface area contributed by atoms with Crippen molar-refractivity contribution in [2.75, 3.05) is 0 Å². The van der Waals surface area contributed by atoms with Crippen LogP contribution in [0.15, 0.2) is 58.7 Å². The Morgan fingerprint density at radius 3 is 2.73 bits per heavy atom. The molecule has 2 rings (SSSR count). The Bertz CT molecular complexity index is 733. The molecule has 0 radical (unpaired) electrons. The van der Waals surface area contributed by atoms with Gasteiger partial charge in [-0.05, 0) is 11.6 Å². The number of amidine groups is 1. The van der Waals surface area contributed by atoms with Gasteiger partial charge < -0.3 is 5.73 Å². The van der Waals surface area contributed by atoms with E-state index in [1.165, 1.54) is 24.0 Å². The lowest BCUT2D eigenvalue weighted by molar-refractivity contribution is 0.622. The smallest absolute Gasteiger partial charge is 0.180 e. The molecular formula is C17H14FN3S. The Hall–Kier alpha value is -2.58. The molecule has 0 aliphatic rings. The molecule has 3 nitrogen and oxygen atoms in total. The molecule has 110 valence electrons. The van der Waals surface area contributed by atoms with E-state index in [0.29, 0.717) is 10.9 Å². The van der Waals surface area contributed by atoms with Gasteiger partial charge in [-0.25, -0.2) is 4.39 Å². The number of terminal acetylenes is 1. The third-order valence-electron chi connectivity index (χ3n) is 2.77. The van der Waals surface area contributed by atoms with Crippen molar-refractivity contribution in [3.8, 4) is 12.3 Å². The lowest BCUT2D eigenvalue weighted by Gasteiger charge is -1.99. The first kappa shape index (κ1) is 15.8. The molecule has 0 aliphatic heterocycles. The molecule has 0 amide bonds. The van der Waals surface area contributed by atoms with Crippen molar-refractivity contribution in [2.24, 2.45) is 15.9 Å². The summed E-state index contributed by atoms with van der Waals surface area (Å²) in [6, 6.07) is 14.6. The summed E-state index contributed by atoms with van der Waals surface area (Å²) in [5.74, 6) is 2.49. The molecule has 5 heteroatoms. The number of halogens is 1. The van der Waals surface area contributed by atoms with Crippen LogP contribution < -0.4 is 5.73 Å². The SMILES string of the molecule is C#Cc1cccc(C=NN=C(N)SCc2ccccc2)c1F. The van der Waals surface area contributed by atoms with Crippen LogP contribution in [0, 0.1) is 18.2 Å². The molecule has 0 aliphatic carbocycles. The van der Waals surface area contributed by atoms with Gasteiger partial charge in [-0.15, -0.1) is 11.5 Å². The lowest BCUT2D eigenvalue weighted by atomic mass is 10.1. The minimum Gasteiger partial charge on any atom is -0.377 e. The number of thioether (sulfide) groups is 1. The number of benzene rings is 2. The average Bonchev–Trinajstić information content (AvgIpc) is 2.55. The van der Waals surface area contributed by atoms with E-state index < -0.39 is 5.82 Å². The summed E-state index contributed by atoms with van der Waals surface area (Å²) in [5, 5.41) is 7.95. The largest absolute Gasteiger partial charge is 0.377 e. The van der Waals surface area contributed by atoms with Crippen LogP contribution in [0.3, 0.4) is 0 Å². The van der Waals surface area contributed by atoms with Gasteiger partial charge in [0.25, 0.3) is 0 Å². The second-order valence-electron chi connectivity index (χ2n) is 4.31. The third-order valence-corrected chi connectivity index (χ3v) is 3.62. The fourth-order valence-corrected chi connectivity index (χ4v) is 2.28. The summed E-state index contributed by atoms with van der Waals surface area (Å²) in [6.45, 7) is 0. The van der Waals surface area contributed by atoms with Gasteiger partial charge in [0.1, 0.15) is 5.82 Å². The summed E-state index contributed by atoms with van der Waals surface area (Å²) >= 11 is 1.36. The van der Waals surface area contributed by atoms with Gasteiger partial charge in [-0.3, -0.25) is 0 Å². The molecule has 0 fully saturated rings. The summed E-state index contributed by atoms with van der Waals surface area (Å²) in [7, 11) is 0. The molecule has 0 atom stereocenters. The molecule has 2 aromatic rings. The van der Waals surface area contributed by atoms with E-state index >= 15 is 0 Å². The second kappa shape index (κ2) is 8.01. The second-order valence-corrected chi connectivity index (χ2v) is 5.31. The zero-order valence-corrected chi connectivity index (χ0v) is 12.6. The normalized spacial score (nSPS) is 11.5. The van der Waals surface area contributed by atoms with Crippen LogP contribution in [0.1, 0.15) is 16.7 Å². The van der Waals surface area contributed by atoms with Crippen molar-refractivity contribution in [1.82, 2.24) is 0 Å². The first-order valence-corrected chi connectivity index (χ1v) is 7.47. The monoisotopic (exact) mass is 311 g/mol. The van der Waals surface area contributed by atoms with Crippen molar-refractivity contribution in [1.29, 1.82) is 0 Å². The van der Waals surface area contributed by atoms with Gasteiger partial charge in [0.2, 0.25) is 0 Å². The van der Waals surface area contributed by atoms with Gasteiger partial charge in [-0.2, -0.15) is 5.10 Å². The van der Waals surface area contributed by atoms with Gasteiger partial charge in [0.05, 0.1) is 11.8 Å². The van der Waals surface area contributed by atoms with Crippen molar-refractivity contribution in [2.45, 2.75) is 5.75 Å². The fourth-order valence-electron chi connectivity index (χ4n) is 1.67. The van der Waals surface area contributed by atoms with Crippen LogP contribution in [0.4, 0.5) is 4.39 Å². The van der Waals surface area contributed by atoms with Gasteiger partial charge in [0, 0.05) is 11.3 Å². The number of nitrogens with two attached hydrogens (primary N) is 1. The first-order chi connectivity index (χ1) is 10.7. The van der Waals surface area contributed by atoms with Crippen molar-refractivity contribution >= 4 is 23.1 Å². The topological polar surface area (TPSA) is 50.7 Å². The molecule has 22 heavy (non-hydrogen) atoms. The van der Waals surface area contributed by atoms with E-state index in [2.05, 4.69) is 16.1 Å². The van der Waals surface area contributed by atoms with Gasteiger partial charge in [0.15, 0.2) is 5.17 Å². The average molecular weight is 311 g/mol. The quantitative estimate of drug-likeness (QED) is 0.407. The molecule has 0 aromatic heterocycles. The lowest BCUT2D eigenvalue weighted by Crippen LogP contribution is -2.06. The minimum absolute atomic E-state index is 0.194. The van der Waals surface area contributed by atoms with Crippen molar-refractivity contribution < 1.29 is 4.39 Å². The summed E-state index contributed by atoms with van der Waals surface area (Å²) in [5.41, 5.74) is 7.37. The molecule has 0 heterocycles. The fraction of sp³-hybridized carbons (Fsp3) is 0.0588. The summed E-state index contributed by atoms with van der Waals surface area (Å²) < 4.78 is 13.8. The molecule has 0 saturated carbocycles. The highest BCUT2D eigenvalue weighted by Crippen LogP contribution is 2.12. The van der Waals surface area contributed by atoms with E-state index in [9.17, 15) is 4.39 Å². The number of nitrogens with zero attached hydrogens (tertiary/aromatic N) is 2. The molecule has 0 unspecified atom stereocenters. The van der Waals surface area contributed by atoms with Crippen LogP contribution in [0.2, 0.25) is 0 Å². The molecule has 0 bridgehead atoms. The zero-order chi connectivity index (χ0) is 15.8. The first-order valence-electron chi connectivity index (χ1n) is 6.49. The van der Waals surface area contributed by atoms with Crippen molar-refractivity contribution in [3.63, 3.8) is 0 Å². The predicted octanol–water partition coefficient (Wildman–Crippen LogP) is 3.39. The highest BCUT2D eigenvalue weighted by atomic mass is 32.2. The Kier molecular flexibility index (Phi) is 5.75. The number of hydrogen-bond acceptors (Lipinski definition) is 3. The zero-order valence-electron chi connectivity index (χ0n) is 11.7. The number of rotatable bonds is 4. The van der Waals surface area contributed by atoms with Gasteiger partial charge >= 0.3 is 0 Å². The highest BCUT2D eigenvalue weighted by Gasteiger charge is 2.03. The third kappa shape index (κ3) is 4.47. The standard InChI is InChI=1S/C17H14FN3S/c1-2-14-9-6-10-15(16(14)18)11-20-21-17(19)22-12-13-7-4-3-5-8-13/h1,3-11H,12H2,(H2,19,21). The number of hydrogen-bond donors (Lipinski definition) is 1. The van der Waals surface area contributed by atoms with Gasteiger partial charge in [-0.1, -0.05) is 60.1 Å². The molecule has 2 aromatic carbocycles. The Balaban J connectivity index is 1.97. The van der Waals surface area contributed by atoms with Crippen molar-refractivity contribution in [3.05, 3.63) is 71.0 Å². The highest BCUT2D eigenvalue weighted by molar-refractivity contribution is 8.13. The summed E-state index contributed by atoms with van der Waals surface area (Å²) in [6.07, 6.45) is 6.50. The van der Waals surface area contributed by atoms with E-state index in [1.807, 2.05) is 30.3 Å². The Morgan fingerprint density at radius 1 is 1.23 bits per heavy atom. The minimum atomic E-state index is -0.487.